The van der Waals surface area contributed by atoms with E-state index in [-0.39, 0.29) is 51.4 Å². The summed E-state index contributed by atoms with van der Waals surface area (Å²) in [6.45, 7) is 16.7. The Morgan fingerprint density at radius 1 is 0.634 bits per heavy atom. The van der Waals surface area contributed by atoms with Crippen LogP contribution < -0.4 is 15.4 Å². The number of hydrogen-bond acceptors (Lipinski definition) is 9. The molecule has 1 aromatic heterocycles. The van der Waals surface area contributed by atoms with Crippen LogP contribution in [-0.4, -0.2) is 57.3 Å². The van der Waals surface area contributed by atoms with Crippen molar-refractivity contribution < 1.29 is 28.6 Å². The second kappa shape index (κ2) is 11.2. The number of piperidine rings is 2. The Morgan fingerprint density at radius 3 is 1.46 bits per heavy atom. The van der Waals surface area contributed by atoms with E-state index in [1.807, 2.05) is 0 Å². The molecule has 0 aliphatic carbocycles. The van der Waals surface area contributed by atoms with Gasteiger partial charge in [0.25, 0.3) is 0 Å². The number of benzene rings is 1. The van der Waals surface area contributed by atoms with Crippen molar-refractivity contribution in [3.8, 4) is 5.75 Å². The van der Waals surface area contributed by atoms with E-state index in [0.29, 0.717) is 31.2 Å². The van der Waals surface area contributed by atoms with Crippen LogP contribution in [0.15, 0.2) is 42.6 Å². The molecule has 9 heteroatoms. The third kappa shape index (κ3) is 8.36. The molecule has 0 unspecified atom stereocenters. The number of esters is 3. The maximum atomic E-state index is 12.8. The van der Waals surface area contributed by atoms with Gasteiger partial charge >= 0.3 is 17.9 Å². The molecule has 2 saturated heterocycles. The molecule has 2 aliphatic heterocycles. The molecule has 3 heterocycles. The Labute approximate surface area is 242 Å². The van der Waals surface area contributed by atoms with E-state index in [2.05, 4.69) is 71.0 Å². The summed E-state index contributed by atoms with van der Waals surface area (Å²) in [5, 5.41) is 7.14. The zero-order chi connectivity index (χ0) is 30.2. The van der Waals surface area contributed by atoms with E-state index < -0.39 is 17.9 Å². The molecule has 9 nitrogen and oxygen atoms in total. The van der Waals surface area contributed by atoms with Gasteiger partial charge in [0.15, 0.2) is 0 Å². The zero-order valence-electron chi connectivity index (χ0n) is 25.4. The van der Waals surface area contributed by atoms with Crippen LogP contribution in [0.25, 0.3) is 0 Å². The Morgan fingerprint density at radius 2 is 1.05 bits per heavy atom. The summed E-state index contributed by atoms with van der Waals surface area (Å²) in [6.07, 6.45) is 3.71. The lowest BCUT2D eigenvalue weighted by Crippen LogP contribution is -2.59. The maximum absolute atomic E-state index is 12.8. The monoisotopic (exact) mass is 565 g/mol. The van der Waals surface area contributed by atoms with Crippen LogP contribution in [0.4, 0.5) is 0 Å². The van der Waals surface area contributed by atoms with Crippen molar-refractivity contribution in [2.45, 2.75) is 115 Å². The van der Waals surface area contributed by atoms with Gasteiger partial charge in [-0.25, -0.2) is 19.4 Å². The molecule has 0 saturated carbocycles. The minimum Gasteiger partial charge on any atom is -0.459 e. The number of hydrogen-bond donors (Lipinski definition) is 2. The summed E-state index contributed by atoms with van der Waals surface area (Å²) < 4.78 is 17.0. The van der Waals surface area contributed by atoms with E-state index in [9.17, 15) is 14.4 Å². The SMILES string of the molecule is CC1(C)CC(OC(=O)c2ccc(C(=O)Oc3ccc(C(=O)OC4CC(C)(C)NC(C)(C)C4)nc3)cc2)CC(C)(C)N1. The molecule has 2 fully saturated rings. The van der Waals surface area contributed by atoms with Gasteiger partial charge in [-0.2, -0.15) is 0 Å². The van der Waals surface area contributed by atoms with E-state index in [0.717, 1.165) is 0 Å². The number of nitrogens with one attached hydrogen (secondary N) is 2. The van der Waals surface area contributed by atoms with Gasteiger partial charge in [0.05, 0.1) is 17.3 Å². The van der Waals surface area contributed by atoms with Gasteiger partial charge in [0.1, 0.15) is 23.7 Å². The molecule has 0 amide bonds. The van der Waals surface area contributed by atoms with Crippen molar-refractivity contribution in [3.63, 3.8) is 0 Å². The quantitative estimate of drug-likeness (QED) is 0.454. The third-order valence-corrected chi connectivity index (χ3v) is 7.37. The first-order valence-corrected chi connectivity index (χ1v) is 14.2. The molecule has 4 rings (SSSR count). The predicted molar refractivity (Wildman–Crippen MR) is 155 cm³/mol. The third-order valence-electron chi connectivity index (χ3n) is 7.37. The molecular weight excluding hydrogens is 522 g/mol. The van der Waals surface area contributed by atoms with Crippen molar-refractivity contribution in [2.75, 3.05) is 0 Å². The normalized spacial score (nSPS) is 21.5. The number of nitrogens with zero attached hydrogens (tertiary/aromatic N) is 1. The lowest BCUT2D eigenvalue weighted by Gasteiger charge is -2.45. The average molecular weight is 566 g/mol. The molecule has 0 bridgehead atoms. The predicted octanol–water partition coefficient (Wildman–Crippen LogP) is 5.23. The van der Waals surface area contributed by atoms with Crippen LogP contribution in [0.3, 0.4) is 0 Å². The van der Waals surface area contributed by atoms with Gasteiger partial charge in [-0.15, -0.1) is 0 Å². The molecule has 2 aliphatic rings. The molecule has 222 valence electrons. The average Bonchev–Trinajstić information content (AvgIpc) is 2.80. The van der Waals surface area contributed by atoms with E-state index >= 15 is 0 Å². The number of rotatable bonds is 6. The largest absolute Gasteiger partial charge is 0.459 e. The lowest BCUT2D eigenvalue weighted by atomic mass is 9.81. The van der Waals surface area contributed by atoms with Gasteiger partial charge in [-0.3, -0.25) is 0 Å². The van der Waals surface area contributed by atoms with Gasteiger partial charge in [0.2, 0.25) is 0 Å². The summed E-state index contributed by atoms with van der Waals surface area (Å²) >= 11 is 0. The van der Waals surface area contributed by atoms with Crippen molar-refractivity contribution in [2.24, 2.45) is 0 Å². The van der Waals surface area contributed by atoms with E-state index in [4.69, 9.17) is 14.2 Å². The molecule has 0 spiro atoms. The molecular formula is C32H43N3O6. The first-order chi connectivity index (χ1) is 18.9. The fourth-order valence-electron chi connectivity index (χ4n) is 6.52. The van der Waals surface area contributed by atoms with E-state index in [1.54, 1.807) is 12.1 Å². The van der Waals surface area contributed by atoms with Crippen molar-refractivity contribution in [1.29, 1.82) is 0 Å². The van der Waals surface area contributed by atoms with Crippen molar-refractivity contribution in [3.05, 3.63) is 59.4 Å². The summed E-state index contributed by atoms with van der Waals surface area (Å²) in [5.74, 6) is -1.36. The topological polar surface area (TPSA) is 116 Å². The first-order valence-electron chi connectivity index (χ1n) is 14.2. The van der Waals surface area contributed by atoms with Crippen molar-refractivity contribution in [1.82, 2.24) is 15.6 Å². The van der Waals surface area contributed by atoms with Crippen LogP contribution in [0.1, 0.15) is 112 Å². The summed E-state index contributed by atoms with van der Waals surface area (Å²) in [6, 6.07) is 9.14. The van der Waals surface area contributed by atoms with Crippen LogP contribution in [0, 0.1) is 0 Å². The lowest BCUT2D eigenvalue weighted by molar-refractivity contribution is -0.00794. The van der Waals surface area contributed by atoms with E-state index in [1.165, 1.54) is 30.5 Å². The van der Waals surface area contributed by atoms with Gasteiger partial charge in [0, 0.05) is 47.8 Å². The second-order valence-electron chi connectivity index (χ2n) is 14.0. The number of carbonyl (C=O) groups is 3. The molecule has 1 aromatic carbocycles. The number of pyridine rings is 1. The Bertz CT molecular complexity index is 1250. The molecule has 2 N–H and O–H groups in total. The highest BCUT2D eigenvalue weighted by Crippen LogP contribution is 2.32. The van der Waals surface area contributed by atoms with Crippen LogP contribution in [0.2, 0.25) is 0 Å². The standard InChI is InChI=1S/C32H43N3O6/c1-29(2)15-23(16-30(3,4)34-29)40-27(37)21-11-9-20(10-12-21)26(36)39-22-13-14-25(33-19-22)28(38)41-24-17-31(5,6)35-32(7,8)18-24/h9-14,19,23-24,34-35H,15-18H2,1-8H3. The van der Waals surface area contributed by atoms with Crippen molar-refractivity contribution >= 4 is 17.9 Å². The fraction of sp³-hybridized carbons (Fsp3) is 0.562. The first kappa shape index (κ1) is 30.7. The molecule has 0 radical (unpaired) electrons. The molecule has 0 atom stereocenters. The number of aromatic nitrogens is 1. The number of ether oxygens (including phenoxy) is 3. The van der Waals surface area contributed by atoms with Crippen LogP contribution in [-0.2, 0) is 9.47 Å². The summed E-state index contributed by atoms with van der Waals surface area (Å²) in [5.41, 5.74) is 0.175. The highest BCUT2D eigenvalue weighted by Gasteiger charge is 2.40. The summed E-state index contributed by atoms with van der Waals surface area (Å²) in [4.78, 5) is 42.3. The highest BCUT2D eigenvalue weighted by atomic mass is 16.6. The molecule has 41 heavy (non-hydrogen) atoms. The smallest absolute Gasteiger partial charge is 0.357 e. The Kier molecular flexibility index (Phi) is 8.35. The Balaban J connectivity index is 1.31. The highest BCUT2D eigenvalue weighted by molar-refractivity contribution is 5.94. The minimum atomic E-state index is -0.608. The molecule has 2 aromatic rings. The minimum absolute atomic E-state index is 0.141. The van der Waals surface area contributed by atoms with Crippen LogP contribution >= 0.6 is 0 Å². The summed E-state index contributed by atoms with van der Waals surface area (Å²) in [7, 11) is 0. The number of carbonyl (C=O) groups excluding carboxylic acids is 3. The second-order valence-corrected chi connectivity index (χ2v) is 14.0. The van der Waals surface area contributed by atoms with Gasteiger partial charge in [-0.05, 0) is 91.8 Å². The zero-order valence-corrected chi connectivity index (χ0v) is 25.4. The van der Waals surface area contributed by atoms with Gasteiger partial charge < -0.3 is 24.8 Å². The van der Waals surface area contributed by atoms with Gasteiger partial charge in [-0.1, -0.05) is 0 Å². The maximum Gasteiger partial charge on any atom is 0.357 e. The fourth-order valence-corrected chi connectivity index (χ4v) is 6.52. The Hall–Kier alpha value is -3.30. The van der Waals surface area contributed by atoms with Crippen LogP contribution in [0.5, 0.6) is 5.75 Å².